The number of phenols is 1. The molecule has 4 aromatic carbocycles. The van der Waals surface area contributed by atoms with Crippen molar-refractivity contribution in [3.63, 3.8) is 0 Å². The lowest BCUT2D eigenvalue weighted by molar-refractivity contribution is 0.280. The van der Waals surface area contributed by atoms with Crippen LogP contribution in [0.5, 0.6) is 5.75 Å². The maximum Gasteiger partial charge on any atom is 0.297 e. The van der Waals surface area contributed by atoms with Gasteiger partial charge >= 0.3 is 0 Å². The van der Waals surface area contributed by atoms with Crippen LogP contribution >= 0.6 is 0 Å². The summed E-state index contributed by atoms with van der Waals surface area (Å²) in [4.78, 5) is 13.3. The summed E-state index contributed by atoms with van der Waals surface area (Å²) >= 11 is 0. The van der Waals surface area contributed by atoms with Crippen molar-refractivity contribution >= 4 is 70.7 Å². The zero-order valence-electron chi connectivity index (χ0n) is 24.9. The quantitative estimate of drug-likeness (QED) is 0.0853. The number of benzene rings is 4. The molecule has 0 saturated heterocycles. The summed E-state index contributed by atoms with van der Waals surface area (Å²) < 4.78 is 69.0. The van der Waals surface area contributed by atoms with Gasteiger partial charge in [-0.1, -0.05) is 30.3 Å². The third-order valence-corrected chi connectivity index (χ3v) is 8.80. The van der Waals surface area contributed by atoms with Gasteiger partial charge in [-0.3, -0.25) is 9.11 Å². The minimum Gasteiger partial charge on any atom is -0.505 e. The Labute approximate surface area is 268 Å². The van der Waals surface area contributed by atoms with Gasteiger partial charge in [0, 0.05) is 23.9 Å². The Morgan fingerprint density at radius 2 is 1.53 bits per heavy atom. The summed E-state index contributed by atoms with van der Waals surface area (Å²) in [5.74, 6) is -0.263. The van der Waals surface area contributed by atoms with Gasteiger partial charge in [-0.2, -0.15) is 31.8 Å². The summed E-state index contributed by atoms with van der Waals surface area (Å²) in [5, 5.41) is 42.4. The average molecular weight is 684 g/mol. The van der Waals surface area contributed by atoms with Crippen LogP contribution in [0.3, 0.4) is 0 Å². The minimum absolute atomic E-state index is 0.0210. The fourth-order valence-electron chi connectivity index (χ4n) is 5.02. The number of azo groups is 1. The number of aryl methyl sites for hydroxylation is 2. The molecule has 16 nitrogen and oxygen atoms in total. The van der Waals surface area contributed by atoms with Crippen LogP contribution in [-0.4, -0.2) is 82.5 Å². The third kappa shape index (κ3) is 7.12. The molecular weight excluding hydrogens is 654 g/mol. The standard InChI is InChI=1S/C29H29N7O9S2/c1-16-13-19-14-20(46(40,41)42)15-23(32-28-30-17(2)31-29(33-28)36(9-11-37)10-12-38)24(19)26(39)25(16)35-34-22-8-7-18-5-3-4-6-21(18)27(22)47(43,44)45/h3-8,13-15,37-39H,9-12H2,1-2H3,(H,40,41,42)(H,43,44,45)(H,30,31,32,33). The van der Waals surface area contributed by atoms with Gasteiger partial charge in [0.1, 0.15) is 22.1 Å². The number of aromatic nitrogens is 3. The molecule has 0 saturated carbocycles. The van der Waals surface area contributed by atoms with Gasteiger partial charge in [-0.05, 0) is 54.4 Å². The molecule has 47 heavy (non-hydrogen) atoms. The predicted octanol–water partition coefficient (Wildman–Crippen LogP) is 3.94. The highest BCUT2D eigenvalue weighted by Gasteiger charge is 2.23. The highest BCUT2D eigenvalue weighted by Crippen LogP contribution is 2.44. The molecule has 0 radical (unpaired) electrons. The van der Waals surface area contributed by atoms with E-state index in [9.17, 15) is 41.3 Å². The first-order valence-electron chi connectivity index (χ1n) is 13.9. The summed E-state index contributed by atoms with van der Waals surface area (Å²) in [7, 11) is -9.49. The Morgan fingerprint density at radius 1 is 0.830 bits per heavy atom. The van der Waals surface area contributed by atoms with Crippen LogP contribution in [0.4, 0.5) is 29.0 Å². The molecule has 0 aliphatic carbocycles. The van der Waals surface area contributed by atoms with E-state index in [0.717, 1.165) is 12.1 Å². The monoisotopic (exact) mass is 683 g/mol. The van der Waals surface area contributed by atoms with Gasteiger partial charge in [-0.15, -0.1) is 10.2 Å². The van der Waals surface area contributed by atoms with Crippen LogP contribution in [0.2, 0.25) is 0 Å². The van der Waals surface area contributed by atoms with Crippen molar-refractivity contribution in [1.82, 2.24) is 15.0 Å². The van der Waals surface area contributed by atoms with Crippen molar-refractivity contribution in [2.45, 2.75) is 23.6 Å². The van der Waals surface area contributed by atoms with Crippen LogP contribution in [0.25, 0.3) is 21.5 Å². The molecule has 5 rings (SSSR count). The van der Waals surface area contributed by atoms with Gasteiger partial charge in [0.05, 0.1) is 23.8 Å². The van der Waals surface area contributed by atoms with Gasteiger partial charge in [0.15, 0.2) is 5.75 Å². The van der Waals surface area contributed by atoms with Crippen molar-refractivity contribution < 1.29 is 41.3 Å². The second kappa shape index (κ2) is 13.1. The fraction of sp³-hybridized carbons (Fsp3) is 0.207. The Kier molecular flexibility index (Phi) is 9.34. The number of phenolic OH excluding ortho intramolecular Hbond substituents is 1. The molecule has 0 amide bonds. The first-order chi connectivity index (χ1) is 22.2. The molecule has 0 aliphatic rings. The summed E-state index contributed by atoms with van der Waals surface area (Å²) in [6.07, 6.45) is 0. The van der Waals surface area contributed by atoms with Gasteiger partial charge < -0.3 is 25.5 Å². The topological polar surface area (TPSA) is 248 Å². The number of aromatic hydroxyl groups is 1. The van der Waals surface area contributed by atoms with Gasteiger partial charge in [-0.25, -0.2) is 0 Å². The molecule has 0 spiro atoms. The van der Waals surface area contributed by atoms with Crippen LogP contribution < -0.4 is 10.2 Å². The van der Waals surface area contributed by atoms with Gasteiger partial charge in [0.2, 0.25) is 11.9 Å². The summed E-state index contributed by atoms with van der Waals surface area (Å²) in [6, 6.07) is 13.1. The Balaban J connectivity index is 1.69. The lowest BCUT2D eigenvalue weighted by atomic mass is 10.0. The summed E-state index contributed by atoms with van der Waals surface area (Å²) in [6.45, 7) is 2.77. The maximum absolute atomic E-state index is 12.4. The molecule has 1 heterocycles. The van der Waals surface area contributed by atoms with E-state index in [1.165, 1.54) is 23.1 Å². The summed E-state index contributed by atoms with van der Waals surface area (Å²) in [5.41, 5.74) is -0.0815. The van der Waals surface area contributed by atoms with Crippen molar-refractivity contribution in [2.75, 3.05) is 36.5 Å². The van der Waals surface area contributed by atoms with Crippen molar-refractivity contribution in [3.8, 4) is 5.75 Å². The molecule has 0 unspecified atom stereocenters. The highest BCUT2D eigenvalue weighted by molar-refractivity contribution is 7.86. The predicted molar refractivity (Wildman–Crippen MR) is 172 cm³/mol. The molecule has 18 heteroatoms. The average Bonchev–Trinajstić information content (AvgIpc) is 2.99. The first kappa shape index (κ1) is 33.5. The minimum atomic E-state index is -4.76. The number of nitrogens with one attached hydrogen (secondary N) is 1. The fourth-order valence-corrected chi connectivity index (χ4v) is 6.40. The number of rotatable bonds is 11. The van der Waals surface area contributed by atoms with E-state index < -0.39 is 35.8 Å². The van der Waals surface area contributed by atoms with E-state index in [-0.39, 0.29) is 77.2 Å². The second-order valence-corrected chi connectivity index (χ2v) is 13.1. The molecule has 0 bridgehead atoms. The smallest absolute Gasteiger partial charge is 0.297 e. The number of hydrogen-bond donors (Lipinski definition) is 6. The number of anilines is 3. The Morgan fingerprint density at radius 3 is 2.19 bits per heavy atom. The van der Waals surface area contributed by atoms with Gasteiger partial charge in [0.25, 0.3) is 20.2 Å². The number of hydrogen-bond acceptors (Lipinski definition) is 14. The lowest BCUT2D eigenvalue weighted by Gasteiger charge is -2.21. The zero-order chi connectivity index (χ0) is 34.1. The molecular formula is C29H29N7O9S2. The van der Waals surface area contributed by atoms with Crippen LogP contribution in [-0.2, 0) is 20.2 Å². The van der Waals surface area contributed by atoms with E-state index in [1.807, 2.05) is 0 Å². The molecule has 246 valence electrons. The van der Waals surface area contributed by atoms with Crippen LogP contribution in [0, 0.1) is 13.8 Å². The number of fused-ring (bicyclic) bond motifs is 2. The molecule has 0 aliphatic heterocycles. The van der Waals surface area contributed by atoms with E-state index in [4.69, 9.17) is 0 Å². The number of nitrogens with zero attached hydrogens (tertiary/aromatic N) is 6. The van der Waals surface area contributed by atoms with E-state index in [1.54, 1.807) is 38.1 Å². The highest BCUT2D eigenvalue weighted by atomic mass is 32.2. The molecule has 6 N–H and O–H groups in total. The van der Waals surface area contributed by atoms with Crippen LogP contribution in [0.1, 0.15) is 11.4 Å². The molecule has 0 fully saturated rings. The first-order valence-corrected chi connectivity index (χ1v) is 16.7. The molecule has 1 aromatic heterocycles. The van der Waals surface area contributed by atoms with E-state index in [0.29, 0.717) is 10.9 Å². The SMILES string of the molecule is Cc1nc(Nc2cc(S(=O)(=O)O)cc3cc(C)c(N=Nc4ccc5ccccc5c4S(=O)(=O)O)c(O)c23)nc(N(CCO)CCO)n1. The van der Waals surface area contributed by atoms with Crippen molar-refractivity contribution in [1.29, 1.82) is 0 Å². The van der Waals surface area contributed by atoms with E-state index >= 15 is 0 Å². The molecule has 5 aromatic rings. The van der Waals surface area contributed by atoms with E-state index in [2.05, 4.69) is 30.5 Å². The normalized spacial score (nSPS) is 12.3. The Hall–Kier alpha value is -4.85. The lowest BCUT2D eigenvalue weighted by Crippen LogP contribution is -2.31. The van der Waals surface area contributed by atoms with Crippen molar-refractivity contribution in [2.24, 2.45) is 10.2 Å². The maximum atomic E-state index is 12.4. The Bertz CT molecular complexity index is 2260. The number of aliphatic hydroxyl groups excluding tert-OH is 2. The van der Waals surface area contributed by atoms with Crippen LogP contribution in [0.15, 0.2) is 74.6 Å². The van der Waals surface area contributed by atoms with Crippen molar-refractivity contribution in [3.05, 3.63) is 66.0 Å². The second-order valence-electron chi connectivity index (χ2n) is 10.3. The largest absolute Gasteiger partial charge is 0.505 e. The number of aliphatic hydroxyl groups is 2. The zero-order valence-corrected chi connectivity index (χ0v) is 26.5. The third-order valence-electron chi connectivity index (χ3n) is 7.03. The molecule has 0 atom stereocenters.